The zero-order valence-electron chi connectivity index (χ0n) is 8.76. The van der Waals surface area contributed by atoms with Crippen LogP contribution in [0, 0.1) is 0 Å². The number of hydrogen-bond acceptors (Lipinski definition) is 2. The van der Waals surface area contributed by atoms with Gasteiger partial charge in [0.1, 0.15) is 0 Å². The van der Waals surface area contributed by atoms with Crippen LogP contribution in [0.3, 0.4) is 0 Å². The summed E-state index contributed by atoms with van der Waals surface area (Å²) >= 11 is 1.88. The van der Waals surface area contributed by atoms with Crippen LogP contribution in [0.5, 0.6) is 0 Å². The molecule has 1 aromatic rings. The van der Waals surface area contributed by atoms with Crippen molar-refractivity contribution < 1.29 is 0 Å². The van der Waals surface area contributed by atoms with Crippen molar-refractivity contribution in [2.45, 2.75) is 32.1 Å². The maximum atomic E-state index is 3.31. The molecule has 2 heteroatoms. The van der Waals surface area contributed by atoms with Crippen LogP contribution in [0.2, 0.25) is 0 Å². The second-order valence-corrected chi connectivity index (χ2v) is 4.44. The predicted octanol–water partition coefficient (Wildman–Crippen LogP) is 3.03. The van der Waals surface area contributed by atoms with Gasteiger partial charge in [-0.2, -0.15) is 0 Å². The van der Waals surface area contributed by atoms with Gasteiger partial charge in [-0.3, -0.25) is 0 Å². The molecule has 1 heterocycles. The molecule has 0 amide bonds. The molecular formula is C11H19NS. The van der Waals surface area contributed by atoms with E-state index in [1.54, 1.807) is 0 Å². The zero-order chi connectivity index (χ0) is 9.73. The summed E-state index contributed by atoms with van der Waals surface area (Å²) in [6.45, 7) is 5.64. The van der Waals surface area contributed by atoms with E-state index in [0.717, 1.165) is 6.54 Å². The summed E-state index contributed by atoms with van der Waals surface area (Å²) in [4.78, 5) is 1.52. The number of rotatable bonds is 5. The van der Waals surface area contributed by atoms with Crippen molar-refractivity contribution in [3.8, 4) is 0 Å². The summed E-state index contributed by atoms with van der Waals surface area (Å²) in [7, 11) is 2.04. The van der Waals surface area contributed by atoms with E-state index >= 15 is 0 Å². The molecule has 1 N–H and O–H groups in total. The Bertz CT molecular complexity index is 224. The van der Waals surface area contributed by atoms with Crippen molar-refractivity contribution in [3.05, 3.63) is 22.4 Å². The smallest absolute Gasteiger partial charge is 0.0166 e. The van der Waals surface area contributed by atoms with Crippen LogP contribution in [-0.4, -0.2) is 13.6 Å². The third kappa shape index (κ3) is 2.12. The first-order valence-electron chi connectivity index (χ1n) is 4.97. The number of likely N-dealkylation sites (N-methyl/N-ethyl adjacent to an activating group) is 1. The fourth-order valence-electron chi connectivity index (χ4n) is 1.85. The molecule has 0 radical (unpaired) electrons. The van der Waals surface area contributed by atoms with Crippen LogP contribution in [-0.2, 0) is 5.41 Å². The van der Waals surface area contributed by atoms with Crippen molar-refractivity contribution >= 4 is 11.3 Å². The summed E-state index contributed by atoms with van der Waals surface area (Å²) in [5.74, 6) is 0. The average Bonchev–Trinajstić information content (AvgIpc) is 2.68. The van der Waals surface area contributed by atoms with E-state index in [2.05, 4.69) is 36.7 Å². The highest BCUT2D eigenvalue weighted by Gasteiger charge is 2.28. The number of thiophene rings is 1. The van der Waals surface area contributed by atoms with Gasteiger partial charge in [0.15, 0.2) is 0 Å². The van der Waals surface area contributed by atoms with Crippen LogP contribution in [0.15, 0.2) is 17.5 Å². The van der Waals surface area contributed by atoms with Crippen LogP contribution in [0.1, 0.15) is 31.6 Å². The van der Waals surface area contributed by atoms with Crippen molar-refractivity contribution in [2.75, 3.05) is 13.6 Å². The Hall–Kier alpha value is -0.340. The Balaban J connectivity index is 2.89. The van der Waals surface area contributed by atoms with Crippen molar-refractivity contribution in [3.63, 3.8) is 0 Å². The van der Waals surface area contributed by atoms with Gasteiger partial charge in [-0.15, -0.1) is 11.3 Å². The van der Waals surface area contributed by atoms with Gasteiger partial charge in [-0.1, -0.05) is 19.9 Å². The second-order valence-electron chi connectivity index (χ2n) is 3.50. The molecule has 74 valence electrons. The van der Waals surface area contributed by atoms with E-state index in [0.29, 0.717) is 5.41 Å². The molecule has 1 rings (SSSR count). The van der Waals surface area contributed by atoms with Gasteiger partial charge in [-0.05, 0) is 31.3 Å². The van der Waals surface area contributed by atoms with Crippen LogP contribution < -0.4 is 5.32 Å². The maximum absolute atomic E-state index is 3.31. The van der Waals surface area contributed by atoms with E-state index in [1.165, 1.54) is 17.7 Å². The molecule has 0 fully saturated rings. The zero-order valence-corrected chi connectivity index (χ0v) is 9.58. The second kappa shape index (κ2) is 4.77. The highest BCUT2D eigenvalue weighted by atomic mass is 32.1. The summed E-state index contributed by atoms with van der Waals surface area (Å²) in [6.07, 6.45) is 2.43. The lowest BCUT2D eigenvalue weighted by molar-refractivity contribution is 0.388. The Morgan fingerprint density at radius 1 is 1.38 bits per heavy atom. The lowest BCUT2D eigenvalue weighted by atomic mass is 9.81. The molecule has 0 unspecified atom stereocenters. The molecule has 0 atom stereocenters. The quantitative estimate of drug-likeness (QED) is 0.765. The molecule has 13 heavy (non-hydrogen) atoms. The first kappa shape index (κ1) is 10.7. The van der Waals surface area contributed by atoms with E-state index in [4.69, 9.17) is 0 Å². The Morgan fingerprint density at radius 2 is 2.08 bits per heavy atom. The molecule has 0 aliphatic rings. The first-order chi connectivity index (χ1) is 6.29. The van der Waals surface area contributed by atoms with Gasteiger partial charge in [-0.25, -0.2) is 0 Å². The van der Waals surface area contributed by atoms with Crippen LogP contribution >= 0.6 is 11.3 Å². The molecule has 1 aromatic heterocycles. The number of hydrogen-bond donors (Lipinski definition) is 1. The van der Waals surface area contributed by atoms with E-state index in [-0.39, 0.29) is 0 Å². The molecule has 0 saturated heterocycles. The fourth-order valence-corrected chi connectivity index (χ4v) is 2.93. The van der Waals surface area contributed by atoms with Gasteiger partial charge in [0, 0.05) is 16.8 Å². The molecule has 0 aliphatic carbocycles. The largest absolute Gasteiger partial charge is 0.319 e. The fraction of sp³-hybridized carbons (Fsp3) is 0.636. The molecule has 0 aliphatic heterocycles. The minimum absolute atomic E-state index is 0.364. The van der Waals surface area contributed by atoms with Gasteiger partial charge in [0.2, 0.25) is 0 Å². The van der Waals surface area contributed by atoms with Crippen LogP contribution in [0.25, 0.3) is 0 Å². The topological polar surface area (TPSA) is 12.0 Å². The lowest BCUT2D eigenvalue weighted by Gasteiger charge is -2.30. The van der Waals surface area contributed by atoms with Gasteiger partial charge in [0.05, 0.1) is 0 Å². The van der Waals surface area contributed by atoms with Crippen molar-refractivity contribution in [1.82, 2.24) is 5.32 Å². The van der Waals surface area contributed by atoms with E-state index in [9.17, 15) is 0 Å². The summed E-state index contributed by atoms with van der Waals surface area (Å²) in [5.41, 5.74) is 0.364. The van der Waals surface area contributed by atoms with E-state index < -0.39 is 0 Å². The number of nitrogens with one attached hydrogen (secondary N) is 1. The Labute approximate surface area is 85.2 Å². The first-order valence-corrected chi connectivity index (χ1v) is 5.85. The van der Waals surface area contributed by atoms with E-state index in [1.807, 2.05) is 18.4 Å². The molecule has 0 bridgehead atoms. The van der Waals surface area contributed by atoms with Crippen molar-refractivity contribution in [2.24, 2.45) is 0 Å². The molecule has 1 nitrogen and oxygen atoms in total. The Morgan fingerprint density at radius 3 is 2.46 bits per heavy atom. The third-order valence-corrected chi connectivity index (χ3v) is 4.03. The van der Waals surface area contributed by atoms with Gasteiger partial charge >= 0.3 is 0 Å². The lowest BCUT2D eigenvalue weighted by Crippen LogP contribution is -2.34. The minimum atomic E-state index is 0.364. The van der Waals surface area contributed by atoms with Gasteiger partial charge < -0.3 is 5.32 Å². The highest BCUT2D eigenvalue weighted by Crippen LogP contribution is 2.33. The van der Waals surface area contributed by atoms with Gasteiger partial charge in [0.25, 0.3) is 0 Å². The SMILES string of the molecule is CCC(CC)(CNC)c1cccs1. The third-order valence-electron chi connectivity index (χ3n) is 2.91. The summed E-state index contributed by atoms with van der Waals surface area (Å²) in [6, 6.07) is 4.41. The standard InChI is InChI=1S/C11H19NS/c1-4-11(5-2,9-12-3)10-7-6-8-13-10/h6-8,12H,4-5,9H2,1-3H3. The maximum Gasteiger partial charge on any atom is 0.0166 e. The molecule has 0 aromatic carbocycles. The molecule has 0 saturated carbocycles. The van der Waals surface area contributed by atoms with Crippen molar-refractivity contribution in [1.29, 1.82) is 0 Å². The summed E-state index contributed by atoms with van der Waals surface area (Å²) in [5, 5.41) is 5.48. The normalized spacial score (nSPS) is 11.9. The monoisotopic (exact) mass is 197 g/mol. The highest BCUT2D eigenvalue weighted by molar-refractivity contribution is 7.10. The molecule has 0 spiro atoms. The average molecular weight is 197 g/mol. The summed E-state index contributed by atoms with van der Waals surface area (Å²) < 4.78 is 0. The predicted molar refractivity (Wildman–Crippen MR) is 60.5 cm³/mol. The minimum Gasteiger partial charge on any atom is -0.319 e. The Kier molecular flexibility index (Phi) is 3.94. The molecular weight excluding hydrogens is 178 g/mol. The van der Waals surface area contributed by atoms with Crippen LogP contribution in [0.4, 0.5) is 0 Å².